The van der Waals surface area contributed by atoms with Crippen molar-refractivity contribution in [2.45, 2.75) is 32.0 Å². The Labute approximate surface area is 71.3 Å². The Bertz CT molecular complexity index is 222. The Morgan fingerprint density at radius 1 is 1.58 bits per heavy atom. The van der Waals surface area contributed by atoms with Gasteiger partial charge in [-0.1, -0.05) is 6.92 Å². The lowest BCUT2D eigenvalue weighted by molar-refractivity contribution is -0.123. The number of hydrogen-bond donors (Lipinski definition) is 0. The molecule has 3 atom stereocenters. The third-order valence-corrected chi connectivity index (χ3v) is 2.62. The van der Waals surface area contributed by atoms with E-state index in [1.807, 2.05) is 0 Å². The third kappa shape index (κ3) is 1.37. The molecule has 0 aromatic carbocycles. The van der Waals surface area contributed by atoms with Crippen LogP contribution >= 0.6 is 0 Å². The van der Waals surface area contributed by atoms with Gasteiger partial charge in [0.2, 0.25) is 0 Å². The first-order valence-electron chi connectivity index (χ1n) is 4.24. The van der Waals surface area contributed by atoms with Gasteiger partial charge in [0.15, 0.2) is 0 Å². The minimum atomic E-state index is 0.405. The standard InChI is InChI=1S/C9H12O3/c1-6-2-8-9(12-8)3-7(6)4-11-5-10/h4-6,8-9H,2-3H2,1H3. The van der Waals surface area contributed by atoms with Crippen molar-refractivity contribution in [3.63, 3.8) is 0 Å². The van der Waals surface area contributed by atoms with E-state index in [0.717, 1.165) is 12.8 Å². The van der Waals surface area contributed by atoms with Crippen LogP contribution in [0.25, 0.3) is 0 Å². The van der Waals surface area contributed by atoms with E-state index in [9.17, 15) is 4.79 Å². The predicted molar refractivity (Wildman–Crippen MR) is 42.3 cm³/mol. The van der Waals surface area contributed by atoms with E-state index in [0.29, 0.717) is 24.6 Å². The highest BCUT2D eigenvalue weighted by Gasteiger charge is 2.44. The molecule has 1 heterocycles. The molecular weight excluding hydrogens is 156 g/mol. The van der Waals surface area contributed by atoms with Crippen LogP contribution < -0.4 is 0 Å². The Hall–Kier alpha value is -0.830. The summed E-state index contributed by atoms with van der Waals surface area (Å²) in [5.41, 5.74) is 1.20. The van der Waals surface area contributed by atoms with Gasteiger partial charge in [-0.15, -0.1) is 0 Å². The first-order valence-corrected chi connectivity index (χ1v) is 4.24. The molecular formula is C9H12O3. The molecule has 3 unspecified atom stereocenters. The van der Waals surface area contributed by atoms with Crippen molar-refractivity contribution < 1.29 is 14.3 Å². The first-order chi connectivity index (χ1) is 5.81. The minimum absolute atomic E-state index is 0.405. The molecule has 0 amide bonds. The van der Waals surface area contributed by atoms with Crippen molar-refractivity contribution in [3.05, 3.63) is 11.8 Å². The van der Waals surface area contributed by atoms with Crippen LogP contribution in [0, 0.1) is 5.92 Å². The van der Waals surface area contributed by atoms with Crippen LogP contribution in [0.4, 0.5) is 0 Å². The van der Waals surface area contributed by atoms with Gasteiger partial charge >= 0.3 is 0 Å². The van der Waals surface area contributed by atoms with Gasteiger partial charge in [0, 0.05) is 6.42 Å². The fourth-order valence-electron chi connectivity index (χ4n) is 1.78. The van der Waals surface area contributed by atoms with E-state index in [1.54, 1.807) is 6.26 Å². The van der Waals surface area contributed by atoms with Gasteiger partial charge in [-0.2, -0.15) is 0 Å². The van der Waals surface area contributed by atoms with Crippen molar-refractivity contribution >= 4 is 6.47 Å². The predicted octanol–water partition coefficient (Wildman–Crippen LogP) is 1.24. The van der Waals surface area contributed by atoms with Crippen LogP contribution in [0.2, 0.25) is 0 Å². The van der Waals surface area contributed by atoms with Crippen LogP contribution in [0.15, 0.2) is 11.8 Å². The average Bonchev–Trinajstić information content (AvgIpc) is 2.78. The molecule has 3 heteroatoms. The molecule has 0 aromatic rings. The number of fused-ring (bicyclic) bond motifs is 1. The molecule has 0 spiro atoms. The van der Waals surface area contributed by atoms with Gasteiger partial charge in [-0.25, -0.2) is 0 Å². The highest BCUT2D eigenvalue weighted by Crippen LogP contribution is 2.42. The van der Waals surface area contributed by atoms with Gasteiger partial charge in [0.25, 0.3) is 6.47 Å². The molecule has 1 saturated heterocycles. The zero-order valence-electron chi connectivity index (χ0n) is 7.03. The Morgan fingerprint density at radius 2 is 2.42 bits per heavy atom. The van der Waals surface area contributed by atoms with Crippen molar-refractivity contribution in [1.82, 2.24) is 0 Å². The summed E-state index contributed by atoms with van der Waals surface area (Å²) in [6.45, 7) is 2.59. The molecule has 0 bridgehead atoms. The van der Waals surface area contributed by atoms with Crippen molar-refractivity contribution in [3.8, 4) is 0 Å². The summed E-state index contributed by atoms with van der Waals surface area (Å²) in [7, 11) is 0. The SMILES string of the molecule is CC1CC2OC2CC1=COC=O. The van der Waals surface area contributed by atoms with Crippen LogP contribution in [0.3, 0.4) is 0 Å². The summed E-state index contributed by atoms with van der Waals surface area (Å²) in [4.78, 5) is 9.95. The quantitative estimate of drug-likeness (QED) is 0.354. The van der Waals surface area contributed by atoms with E-state index >= 15 is 0 Å². The summed E-state index contributed by atoms with van der Waals surface area (Å²) in [5.74, 6) is 0.494. The lowest BCUT2D eigenvalue weighted by Gasteiger charge is -2.17. The molecule has 2 rings (SSSR count). The lowest BCUT2D eigenvalue weighted by Crippen LogP contribution is -2.13. The summed E-state index contributed by atoms with van der Waals surface area (Å²) in [5, 5.41) is 0. The number of ether oxygens (including phenoxy) is 2. The van der Waals surface area contributed by atoms with Crippen molar-refractivity contribution in [2.24, 2.45) is 5.92 Å². The third-order valence-electron chi connectivity index (χ3n) is 2.62. The highest BCUT2D eigenvalue weighted by molar-refractivity contribution is 5.38. The second kappa shape index (κ2) is 2.90. The first kappa shape index (κ1) is 7.80. The van der Waals surface area contributed by atoms with Gasteiger partial charge in [0.1, 0.15) is 0 Å². The zero-order valence-corrected chi connectivity index (χ0v) is 7.03. The molecule has 1 aliphatic carbocycles. The zero-order chi connectivity index (χ0) is 8.55. The maximum absolute atomic E-state index is 9.95. The molecule has 1 saturated carbocycles. The maximum Gasteiger partial charge on any atom is 0.297 e. The molecule has 2 fully saturated rings. The second-order valence-electron chi connectivity index (χ2n) is 3.48. The average molecular weight is 168 g/mol. The Balaban J connectivity index is 1.98. The summed E-state index contributed by atoms with van der Waals surface area (Å²) < 4.78 is 9.99. The Kier molecular flexibility index (Phi) is 1.89. The van der Waals surface area contributed by atoms with Gasteiger partial charge in [-0.05, 0) is 17.9 Å². The van der Waals surface area contributed by atoms with Crippen LogP contribution in [0.5, 0.6) is 0 Å². The highest BCUT2D eigenvalue weighted by atomic mass is 16.6. The van der Waals surface area contributed by atoms with Crippen LogP contribution in [-0.4, -0.2) is 18.7 Å². The fourth-order valence-corrected chi connectivity index (χ4v) is 1.78. The number of hydrogen-bond acceptors (Lipinski definition) is 3. The lowest BCUT2D eigenvalue weighted by atomic mass is 9.86. The number of carbonyl (C=O) groups is 1. The minimum Gasteiger partial charge on any atom is -0.437 e. The molecule has 2 aliphatic rings. The van der Waals surface area contributed by atoms with Gasteiger partial charge < -0.3 is 9.47 Å². The summed E-state index contributed by atoms with van der Waals surface area (Å²) in [6, 6.07) is 0. The largest absolute Gasteiger partial charge is 0.437 e. The maximum atomic E-state index is 9.95. The number of carbonyl (C=O) groups excluding carboxylic acids is 1. The van der Waals surface area contributed by atoms with E-state index < -0.39 is 0 Å². The monoisotopic (exact) mass is 168 g/mol. The second-order valence-corrected chi connectivity index (χ2v) is 3.48. The fraction of sp³-hybridized carbons (Fsp3) is 0.667. The van der Waals surface area contributed by atoms with E-state index in [-0.39, 0.29) is 0 Å². The summed E-state index contributed by atoms with van der Waals surface area (Å²) in [6.07, 6.45) is 4.45. The van der Waals surface area contributed by atoms with Gasteiger partial charge in [-0.3, -0.25) is 4.79 Å². The normalized spacial score (nSPS) is 42.1. The van der Waals surface area contributed by atoms with Gasteiger partial charge in [0.05, 0.1) is 18.5 Å². The molecule has 12 heavy (non-hydrogen) atoms. The Morgan fingerprint density at radius 3 is 3.17 bits per heavy atom. The van der Waals surface area contributed by atoms with Crippen LogP contribution in [0.1, 0.15) is 19.8 Å². The number of rotatable bonds is 2. The molecule has 0 N–H and O–H groups in total. The molecule has 1 aliphatic heterocycles. The molecule has 66 valence electrons. The smallest absolute Gasteiger partial charge is 0.297 e. The van der Waals surface area contributed by atoms with E-state index in [2.05, 4.69) is 11.7 Å². The van der Waals surface area contributed by atoms with Crippen LogP contribution in [-0.2, 0) is 14.3 Å². The van der Waals surface area contributed by atoms with Crippen molar-refractivity contribution in [1.29, 1.82) is 0 Å². The molecule has 3 nitrogen and oxygen atoms in total. The summed E-state index contributed by atoms with van der Waals surface area (Å²) >= 11 is 0. The molecule has 0 radical (unpaired) electrons. The number of epoxide rings is 1. The topological polar surface area (TPSA) is 38.8 Å². The van der Waals surface area contributed by atoms with E-state index in [1.165, 1.54) is 5.57 Å². The van der Waals surface area contributed by atoms with Crippen molar-refractivity contribution in [2.75, 3.05) is 0 Å². The van der Waals surface area contributed by atoms with E-state index in [4.69, 9.17) is 4.74 Å². The molecule has 0 aromatic heterocycles.